The second-order valence-electron chi connectivity index (χ2n) is 5.99. The molecule has 0 aliphatic carbocycles. The zero-order valence-corrected chi connectivity index (χ0v) is 12.1. The number of alkyl halides is 1. The molecule has 1 fully saturated rings. The van der Waals surface area contributed by atoms with E-state index in [1.807, 2.05) is 13.8 Å². The zero-order valence-electron chi connectivity index (χ0n) is 12.1. The maximum absolute atomic E-state index is 13.1. The van der Waals surface area contributed by atoms with Crippen molar-refractivity contribution in [2.24, 2.45) is 11.8 Å². The van der Waals surface area contributed by atoms with Crippen LogP contribution in [-0.2, 0) is 4.79 Å². The highest BCUT2D eigenvalue weighted by molar-refractivity contribution is 5.78. The van der Waals surface area contributed by atoms with E-state index >= 15 is 0 Å². The molecule has 0 unspecified atom stereocenters. The SMILES string of the molecule is CC(C)C(=O)N[C@H](CCN1CC[C@@H](F)C1)C(C)C. The third-order valence-electron chi connectivity index (χ3n) is 3.63. The number of amides is 1. The molecule has 1 amide bonds. The van der Waals surface area contributed by atoms with E-state index in [0.29, 0.717) is 18.9 Å². The standard InChI is InChI=1S/C14H27FN2O/c1-10(2)13(16-14(18)11(3)4)6-8-17-7-5-12(15)9-17/h10-13H,5-9H2,1-4H3,(H,16,18)/t12-,13-/m1/s1. The first kappa shape index (κ1) is 15.4. The molecule has 1 heterocycles. The van der Waals surface area contributed by atoms with Gasteiger partial charge < -0.3 is 10.2 Å². The molecule has 106 valence electrons. The van der Waals surface area contributed by atoms with Crippen molar-refractivity contribution in [3.05, 3.63) is 0 Å². The molecule has 2 atom stereocenters. The van der Waals surface area contributed by atoms with Crippen LogP contribution in [0, 0.1) is 11.8 Å². The van der Waals surface area contributed by atoms with Crippen molar-refractivity contribution < 1.29 is 9.18 Å². The molecule has 3 nitrogen and oxygen atoms in total. The van der Waals surface area contributed by atoms with Crippen molar-refractivity contribution in [3.63, 3.8) is 0 Å². The molecule has 18 heavy (non-hydrogen) atoms. The highest BCUT2D eigenvalue weighted by Crippen LogP contribution is 2.15. The Morgan fingerprint density at radius 2 is 2.06 bits per heavy atom. The number of hydrogen-bond donors (Lipinski definition) is 1. The molecule has 0 bridgehead atoms. The maximum atomic E-state index is 13.1. The minimum absolute atomic E-state index is 0.0215. The average molecular weight is 258 g/mol. The zero-order chi connectivity index (χ0) is 13.7. The molecule has 1 N–H and O–H groups in total. The van der Waals surface area contributed by atoms with Gasteiger partial charge in [-0.15, -0.1) is 0 Å². The maximum Gasteiger partial charge on any atom is 0.222 e. The first-order chi connectivity index (χ1) is 8.40. The lowest BCUT2D eigenvalue weighted by Gasteiger charge is -2.25. The van der Waals surface area contributed by atoms with Gasteiger partial charge in [-0.2, -0.15) is 0 Å². The Morgan fingerprint density at radius 3 is 2.50 bits per heavy atom. The normalized spacial score (nSPS) is 22.7. The molecule has 0 saturated carbocycles. The number of carbonyl (C=O) groups excluding carboxylic acids is 1. The van der Waals surface area contributed by atoms with Gasteiger partial charge in [-0.05, 0) is 18.8 Å². The van der Waals surface area contributed by atoms with Gasteiger partial charge in [-0.1, -0.05) is 27.7 Å². The first-order valence-corrected chi connectivity index (χ1v) is 7.07. The molecular formula is C14H27FN2O. The summed E-state index contributed by atoms with van der Waals surface area (Å²) in [4.78, 5) is 13.9. The van der Waals surface area contributed by atoms with Crippen LogP contribution in [0.5, 0.6) is 0 Å². The molecule has 0 radical (unpaired) electrons. The van der Waals surface area contributed by atoms with E-state index in [4.69, 9.17) is 0 Å². The lowest BCUT2D eigenvalue weighted by Crippen LogP contribution is -2.42. The highest BCUT2D eigenvalue weighted by Gasteiger charge is 2.24. The molecule has 4 heteroatoms. The monoisotopic (exact) mass is 258 g/mol. The van der Waals surface area contributed by atoms with Gasteiger partial charge in [-0.3, -0.25) is 4.79 Å². The van der Waals surface area contributed by atoms with Crippen molar-refractivity contribution in [1.82, 2.24) is 10.2 Å². The van der Waals surface area contributed by atoms with Crippen molar-refractivity contribution in [2.45, 2.75) is 52.8 Å². The Kier molecular flexibility index (Phi) is 6.06. The van der Waals surface area contributed by atoms with Gasteiger partial charge >= 0.3 is 0 Å². The minimum atomic E-state index is -0.659. The Bertz CT molecular complexity index is 269. The third-order valence-corrected chi connectivity index (χ3v) is 3.63. The largest absolute Gasteiger partial charge is 0.353 e. The minimum Gasteiger partial charge on any atom is -0.353 e. The Morgan fingerprint density at radius 1 is 1.39 bits per heavy atom. The van der Waals surface area contributed by atoms with Crippen LogP contribution in [0.1, 0.15) is 40.5 Å². The molecule has 1 saturated heterocycles. The predicted molar refractivity (Wildman–Crippen MR) is 72.2 cm³/mol. The van der Waals surface area contributed by atoms with Crippen LogP contribution >= 0.6 is 0 Å². The fourth-order valence-electron chi connectivity index (χ4n) is 2.23. The van der Waals surface area contributed by atoms with Crippen molar-refractivity contribution >= 4 is 5.91 Å². The van der Waals surface area contributed by atoms with Crippen LogP contribution < -0.4 is 5.32 Å². The number of halogens is 1. The van der Waals surface area contributed by atoms with E-state index in [-0.39, 0.29) is 17.9 Å². The van der Waals surface area contributed by atoms with Crippen molar-refractivity contribution in [2.75, 3.05) is 19.6 Å². The number of likely N-dealkylation sites (tertiary alicyclic amines) is 1. The summed E-state index contributed by atoms with van der Waals surface area (Å²) in [6.45, 7) is 10.3. The fourth-order valence-corrected chi connectivity index (χ4v) is 2.23. The molecule has 0 aromatic rings. The second kappa shape index (κ2) is 7.07. The highest BCUT2D eigenvalue weighted by atomic mass is 19.1. The first-order valence-electron chi connectivity index (χ1n) is 7.07. The Labute approximate surface area is 110 Å². The average Bonchev–Trinajstić information content (AvgIpc) is 2.69. The smallest absolute Gasteiger partial charge is 0.222 e. The van der Waals surface area contributed by atoms with Gasteiger partial charge in [0.05, 0.1) is 0 Å². The van der Waals surface area contributed by atoms with Crippen LogP contribution in [0.15, 0.2) is 0 Å². The van der Waals surface area contributed by atoms with E-state index in [2.05, 4.69) is 24.1 Å². The second-order valence-corrected chi connectivity index (χ2v) is 5.99. The van der Waals surface area contributed by atoms with E-state index in [0.717, 1.165) is 19.5 Å². The summed E-state index contributed by atoms with van der Waals surface area (Å²) in [6.07, 6.45) is 0.904. The molecular weight excluding hydrogens is 231 g/mol. The Hall–Kier alpha value is -0.640. The van der Waals surface area contributed by atoms with Crippen LogP contribution in [0.4, 0.5) is 4.39 Å². The number of hydrogen-bond acceptors (Lipinski definition) is 2. The van der Waals surface area contributed by atoms with Gasteiger partial charge in [0.25, 0.3) is 0 Å². The van der Waals surface area contributed by atoms with Crippen LogP contribution in [0.2, 0.25) is 0 Å². The summed E-state index contributed by atoms with van der Waals surface area (Å²) < 4.78 is 13.1. The van der Waals surface area contributed by atoms with Crippen LogP contribution in [0.3, 0.4) is 0 Å². The summed E-state index contributed by atoms with van der Waals surface area (Å²) in [5.74, 6) is 0.545. The van der Waals surface area contributed by atoms with Gasteiger partial charge in [-0.25, -0.2) is 4.39 Å². The molecule has 1 aliphatic rings. The van der Waals surface area contributed by atoms with Gasteiger partial charge in [0.1, 0.15) is 6.17 Å². The summed E-state index contributed by atoms with van der Waals surface area (Å²) in [6, 6.07) is 0.193. The molecule has 1 rings (SSSR count). The number of nitrogens with one attached hydrogen (secondary N) is 1. The van der Waals surface area contributed by atoms with E-state index in [1.165, 1.54) is 0 Å². The van der Waals surface area contributed by atoms with E-state index in [9.17, 15) is 9.18 Å². The summed E-state index contributed by atoms with van der Waals surface area (Å²) >= 11 is 0. The molecule has 0 aromatic heterocycles. The van der Waals surface area contributed by atoms with Crippen molar-refractivity contribution in [3.8, 4) is 0 Å². The lowest BCUT2D eigenvalue weighted by atomic mass is 9.99. The molecule has 1 aliphatic heterocycles. The summed E-state index contributed by atoms with van der Waals surface area (Å²) in [5, 5.41) is 3.09. The third kappa shape index (κ3) is 4.92. The summed E-state index contributed by atoms with van der Waals surface area (Å²) in [5.41, 5.74) is 0. The van der Waals surface area contributed by atoms with Gasteiger partial charge in [0.15, 0.2) is 0 Å². The van der Waals surface area contributed by atoms with Crippen LogP contribution in [0.25, 0.3) is 0 Å². The quantitative estimate of drug-likeness (QED) is 0.792. The van der Waals surface area contributed by atoms with Gasteiger partial charge in [0.2, 0.25) is 5.91 Å². The Balaban J connectivity index is 2.36. The summed E-state index contributed by atoms with van der Waals surface area (Å²) in [7, 11) is 0. The van der Waals surface area contributed by atoms with Gasteiger partial charge in [0, 0.05) is 31.6 Å². The number of nitrogens with zero attached hydrogens (tertiary/aromatic N) is 1. The molecule has 0 spiro atoms. The molecule has 0 aromatic carbocycles. The van der Waals surface area contributed by atoms with E-state index in [1.54, 1.807) is 0 Å². The van der Waals surface area contributed by atoms with E-state index < -0.39 is 6.17 Å². The topological polar surface area (TPSA) is 32.3 Å². The fraction of sp³-hybridized carbons (Fsp3) is 0.929. The lowest BCUT2D eigenvalue weighted by molar-refractivity contribution is -0.125. The van der Waals surface area contributed by atoms with Crippen LogP contribution in [-0.4, -0.2) is 42.7 Å². The predicted octanol–water partition coefficient (Wildman–Crippen LogP) is 2.22. The van der Waals surface area contributed by atoms with Crippen molar-refractivity contribution in [1.29, 1.82) is 0 Å². The number of rotatable bonds is 6. The number of carbonyl (C=O) groups is 1.